The normalized spacial score (nSPS) is 10.3. The molecule has 0 bridgehead atoms. The molecule has 13 heavy (non-hydrogen) atoms. The highest BCUT2D eigenvalue weighted by Gasteiger charge is 2.08. The zero-order valence-corrected chi connectivity index (χ0v) is 9.37. The maximum atomic E-state index is 4.14. The van der Waals surface area contributed by atoms with Crippen LogP contribution in [0, 0.1) is 0 Å². The van der Waals surface area contributed by atoms with Crippen LogP contribution in [-0.4, -0.2) is 25.6 Å². The van der Waals surface area contributed by atoms with E-state index in [1.54, 1.807) is 6.20 Å². The lowest BCUT2D eigenvalue weighted by Gasteiger charge is -1.97. The molecule has 0 aromatic carbocycles. The number of nitrogens with one attached hydrogen (secondary N) is 1. The summed E-state index contributed by atoms with van der Waals surface area (Å²) in [5.74, 6) is 0.472. The number of hydrogen-bond donors (Lipinski definition) is 1. The van der Waals surface area contributed by atoms with E-state index < -0.39 is 0 Å². The van der Waals surface area contributed by atoms with Gasteiger partial charge in [0.25, 0.3) is 0 Å². The van der Waals surface area contributed by atoms with Crippen LogP contribution < -0.4 is 0 Å². The van der Waals surface area contributed by atoms with E-state index in [-0.39, 0.29) is 0 Å². The van der Waals surface area contributed by atoms with Gasteiger partial charge in [-0.2, -0.15) is 5.21 Å². The molecule has 1 N–H and O–H groups in total. The molecule has 2 aromatic rings. The summed E-state index contributed by atoms with van der Waals surface area (Å²) < 4.78 is 1.72. The molecule has 2 heterocycles. The van der Waals surface area contributed by atoms with Crippen LogP contribution in [0.3, 0.4) is 0 Å². The fourth-order valence-electron chi connectivity index (χ4n) is 0.841. The van der Waals surface area contributed by atoms with E-state index in [9.17, 15) is 0 Å². The van der Waals surface area contributed by atoms with Crippen molar-refractivity contribution >= 4 is 31.9 Å². The number of hydrogen-bond acceptors (Lipinski definition) is 4. The van der Waals surface area contributed by atoms with Crippen LogP contribution in [0.25, 0.3) is 11.5 Å². The third-order valence-electron chi connectivity index (χ3n) is 1.36. The molecule has 0 amide bonds. The van der Waals surface area contributed by atoms with E-state index in [1.165, 1.54) is 0 Å². The largest absolute Gasteiger partial charge is 0.250 e. The van der Waals surface area contributed by atoms with Crippen molar-refractivity contribution in [2.45, 2.75) is 0 Å². The van der Waals surface area contributed by atoms with Gasteiger partial charge in [-0.25, -0.2) is 0 Å². The molecule has 7 heteroatoms. The molecule has 0 saturated heterocycles. The Morgan fingerprint density at radius 1 is 1.31 bits per heavy atom. The smallest absolute Gasteiger partial charge is 0.224 e. The second-order valence-corrected chi connectivity index (χ2v) is 3.99. The second-order valence-electron chi connectivity index (χ2n) is 2.22. The average molecular weight is 305 g/mol. The summed E-state index contributed by atoms with van der Waals surface area (Å²) in [6, 6.07) is 1.87. The van der Waals surface area contributed by atoms with E-state index >= 15 is 0 Å². The Morgan fingerprint density at radius 3 is 2.77 bits per heavy atom. The Bertz CT molecular complexity index is 413. The minimum absolute atomic E-state index is 0.472. The van der Waals surface area contributed by atoms with Crippen molar-refractivity contribution < 1.29 is 0 Å². The first-order valence-electron chi connectivity index (χ1n) is 3.32. The quantitative estimate of drug-likeness (QED) is 0.872. The molecule has 0 spiro atoms. The van der Waals surface area contributed by atoms with Crippen molar-refractivity contribution in [1.82, 2.24) is 25.6 Å². The maximum absolute atomic E-state index is 4.14. The molecule has 5 nitrogen and oxygen atoms in total. The maximum Gasteiger partial charge on any atom is 0.224 e. The molecular formula is C6H3Br2N5. The Balaban J connectivity index is 2.53. The second kappa shape index (κ2) is 3.51. The van der Waals surface area contributed by atoms with E-state index in [0.717, 1.165) is 8.95 Å². The third-order valence-corrected chi connectivity index (χ3v) is 2.40. The number of pyridine rings is 1. The monoisotopic (exact) mass is 303 g/mol. The van der Waals surface area contributed by atoms with E-state index in [0.29, 0.717) is 11.5 Å². The fraction of sp³-hybridized carbons (Fsp3) is 0. The van der Waals surface area contributed by atoms with Gasteiger partial charge in [0, 0.05) is 15.1 Å². The predicted octanol–water partition coefficient (Wildman–Crippen LogP) is 1.79. The van der Waals surface area contributed by atoms with Crippen molar-refractivity contribution in [3.05, 3.63) is 21.2 Å². The zero-order chi connectivity index (χ0) is 9.26. The van der Waals surface area contributed by atoms with Gasteiger partial charge in [-0.1, -0.05) is 0 Å². The van der Waals surface area contributed by atoms with Crippen LogP contribution in [0.15, 0.2) is 21.2 Å². The zero-order valence-electron chi connectivity index (χ0n) is 6.20. The minimum atomic E-state index is 0.472. The van der Waals surface area contributed by atoms with E-state index in [1.807, 2.05) is 6.07 Å². The molecular weight excluding hydrogens is 302 g/mol. The van der Waals surface area contributed by atoms with Crippen LogP contribution in [0.2, 0.25) is 0 Å². The van der Waals surface area contributed by atoms with Crippen LogP contribution in [-0.2, 0) is 0 Å². The molecule has 2 rings (SSSR count). The standard InChI is InChI=1S/C6H3Br2N5/c7-3-1-4(8)5(9-2-3)6-10-12-13-11-6/h1-2H,(H,10,11,12,13). The minimum Gasteiger partial charge on any atom is -0.250 e. The number of nitrogens with zero attached hydrogens (tertiary/aromatic N) is 4. The molecule has 0 saturated carbocycles. The Labute approximate surface area is 90.2 Å². The Kier molecular flexibility index (Phi) is 2.36. The van der Waals surface area contributed by atoms with Crippen molar-refractivity contribution in [3.8, 4) is 11.5 Å². The highest BCUT2D eigenvalue weighted by Crippen LogP contribution is 2.25. The number of aromatic nitrogens is 5. The molecule has 0 aliphatic heterocycles. The van der Waals surface area contributed by atoms with Gasteiger partial charge >= 0.3 is 0 Å². The van der Waals surface area contributed by atoms with Gasteiger partial charge in [-0.05, 0) is 43.1 Å². The molecule has 0 fully saturated rings. The summed E-state index contributed by atoms with van der Waals surface area (Å²) in [6.07, 6.45) is 1.68. The van der Waals surface area contributed by atoms with Gasteiger partial charge in [0.05, 0.1) is 0 Å². The van der Waals surface area contributed by atoms with Crippen LogP contribution >= 0.6 is 31.9 Å². The number of tetrazole rings is 1. The lowest BCUT2D eigenvalue weighted by atomic mass is 10.3. The van der Waals surface area contributed by atoms with E-state index in [4.69, 9.17) is 0 Å². The Hall–Kier alpha value is -0.820. The van der Waals surface area contributed by atoms with Gasteiger partial charge in [-0.15, -0.1) is 10.2 Å². The molecule has 0 aliphatic carbocycles. The van der Waals surface area contributed by atoms with Gasteiger partial charge in [0.1, 0.15) is 5.69 Å². The highest BCUT2D eigenvalue weighted by atomic mass is 79.9. The van der Waals surface area contributed by atoms with Crippen LogP contribution in [0.5, 0.6) is 0 Å². The van der Waals surface area contributed by atoms with Gasteiger partial charge in [-0.3, -0.25) is 4.98 Å². The summed E-state index contributed by atoms with van der Waals surface area (Å²) >= 11 is 6.66. The number of halogens is 2. The van der Waals surface area contributed by atoms with Crippen molar-refractivity contribution in [1.29, 1.82) is 0 Å². The van der Waals surface area contributed by atoms with Crippen molar-refractivity contribution in [3.63, 3.8) is 0 Å². The SMILES string of the molecule is Brc1cnc(-c2nn[nH]n2)c(Br)c1. The predicted molar refractivity (Wildman–Crippen MR) is 52.8 cm³/mol. The first-order chi connectivity index (χ1) is 6.27. The molecule has 0 atom stereocenters. The van der Waals surface area contributed by atoms with Gasteiger partial charge in [0.2, 0.25) is 5.82 Å². The van der Waals surface area contributed by atoms with Crippen molar-refractivity contribution in [2.24, 2.45) is 0 Å². The fourth-order valence-corrected chi connectivity index (χ4v) is 2.01. The summed E-state index contributed by atoms with van der Waals surface area (Å²) in [5.41, 5.74) is 0.664. The first-order valence-corrected chi connectivity index (χ1v) is 4.91. The van der Waals surface area contributed by atoms with Crippen LogP contribution in [0.1, 0.15) is 0 Å². The lowest BCUT2D eigenvalue weighted by Crippen LogP contribution is -1.87. The molecule has 66 valence electrons. The molecule has 0 unspecified atom stereocenters. The molecule has 0 radical (unpaired) electrons. The number of H-pyrrole nitrogens is 1. The summed E-state index contributed by atoms with van der Waals surface area (Å²) in [7, 11) is 0. The summed E-state index contributed by atoms with van der Waals surface area (Å²) in [5, 5.41) is 13.5. The molecule has 2 aromatic heterocycles. The van der Waals surface area contributed by atoms with E-state index in [2.05, 4.69) is 57.5 Å². The van der Waals surface area contributed by atoms with Crippen molar-refractivity contribution in [2.75, 3.05) is 0 Å². The van der Waals surface area contributed by atoms with Crippen LogP contribution in [0.4, 0.5) is 0 Å². The highest BCUT2D eigenvalue weighted by molar-refractivity contribution is 9.11. The number of aromatic amines is 1. The molecule has 0 aliphatic rings. The topological polar surface area (TPSA) is 67.3 Å². The third kappa shape index (κ3) is 1.75. The first kappa shape index (κ1) is 8.76. The number of rotatable bonds is 1. The summed E-state index contributed by atoms with van der Waals surface area (Å²) in [6.45, 7) is 0. The van der Waals surface area contributed by atoms with Gasteiger partial charge in [0.15, 0.2) is 0 Å². The average Bonchev–Trinajstić information content (AvgIpc) is 2.56. The summed E-state index contributed by atoms with van der Waals surface area (Å²) in [4.78, 5) is 4.14. The Morgan fingerprint density at radius 2 is 2.15 bits per heavy atom. The lowest BCUT2D eigenvalue weighted by molar-refractivity contribution is 0.881. The van der Waals surface area contributed by atoms with Gasteiger partial charge < -0.3 is 0 Å².